The first kappa shape index (κ1) is 16.9. The first-order valence-corrected chi connectivity index (χ1v) is 6.50. The fourth-order valence-corrected chi connectivity index (χ4v) is 1.77. The largest absolute Gasteiger partial charge is 0.444 e. The molecule has 4 heteroatoms. The molecule has 106 valence electrons. The standard InChI is InChI=1S/C14H27NO3/c1-8-9-11(10-16)15(13(2,3)4)12(17)18-14(5,6)7/h10-11H,8-9H2,1-7H3. The van der Waals surface area contributed by atoms with E-state index in [1.165, 1.54) is 4.90 Å². The van der Waals surface area contributed by atoms with Gasteiger partial charge in [0.15, 0.2) is 0 Å². The van der Waals surface area contributed by atoms with Crippen LogP contribution in [-0.4, -0.2) is 34.5 Å². The predicted molar refractivity (Wildman–Crippen MR) is 72.6 cm³/mol. The third-order valence-electron chi connectivity index (χ3n) is 2.39. The highest BCUT2D eigenvalue weighted by Gasteiger charge is 2.35. The van der Waals surface area contributed by atoms with Crippen LogP contribution in [0.3, 0.4) is 0 Å². The van der Waals surface area contributed by atoms with Crippen molar-refractivity contribution in [3.63, 3.8) is 0 Å². The summed E-state index contributed by atoms with van der Waals surface area (Å²) in [5.41, 5.74) is -0.997. The van der Waals surface area contributed by atoms with Gasteiger partial charge >= 0.3 is 6.09 Å². The number of amides is 1. The molecule has 1 unspecified atom stereocenters. The van der Waals surface area contributed by atoms with Crippen LogP contribution in [0.15, 0.2) is 0 Å². The van der Waals surface area contributed by atoms with E-state index in [1.807, 2.05) is 48.5 Å². The lowest BCUT2D eigenvalue weighted by molar-refractivity contribution is -0.114. The highest BCUT2D eigenvalue weighted by molar-refractivity contribution is 5.74. The molecule has 0 rings (SSSR count). The fourth-order valence-electron chi connectivity index (χ4n) is 1.77. The number of rotatable bonds is 4. The van der Waals surface area contributed by atoms with E-state index in [0.29, 0.717) is 6.42 Å². The quantitative estimate of drug-likeness (QED) is 0.725. The van der Waals surface area contributed by atoms with Crippen molar-refractivity contribution < 1.29 is 14.3 Å². The summed E-state index contributed by atoms with van der Waals surface area (Å²) in [6, 6.07) is -0.426. The number of carbonyl (C=O) groups excluding carboxylic acids is 2. The average Bonchev–Trinajstić information content (AvgIpc) is 2.11. The zero-order chi connectivity index (χ0) is 14.6. The SMILES string of the molecule is CCCC(C=O)N(C(=O)OC(C)(C)C)C(C)(C)C. The van der Waals surface area contributed by atoms with Crippen molar-refractivity contribution in [1.82, 2.24) is 4.90 Å². The molecule has 0 heterocycles. The number of carbonyl (C=O) groups is 2. The van der Waals surface area contributed by atoms with Gasteiger partial charge in [-0.1, -0.05) is 13.3 Å². The Labute approximate surface area is 111 Å². The molecule has 1 amide bonds. The van der Waals surface area contributed by atoms with E-state index < -0.39 is 23.3 Å². The molecule has 4 nitrogen and oxygen atoms in total. The third kappa shape index (κ3) is 5.52. The Hall–Kier alpha value is -1.06. The lowest BCUT2D eigenvalue weighted by atomic mass is 10.0. The van der Waals surface area contributed by atoms with Gasteiger partial charge in [0.25, 0.3) is 0 Å². The molecule has 0 aliphatic carbocycles. The Bertz CT molecular complexity index is 286. The Morgan fingerprint density at radius 2 is 1.72 bits per heavy atom. The maximum atomic E-state index is 12.2. The van der Waals surface area contributed by atoms with Crippen LogP contribution < -0.4 is 0 Å². The van der Waals surface area contributed by atoms with Gasteiger partial charge in [0, 0.05) is 5.54 Å². The first-order chi connectivity index (χ1) is 8.03. The molecule has 0 N–H and O–H groups in total. The molecule has 18 heavy (non-hydrogen) atoms. The van der Waals surface area contributed by atoms with Gasteiger partial charge < -0.3 is 9.53 Å². The second-order valence-corrected chi connectivity index (χ2v) is 6.51. The van der Waals surface area contributed by atoms with Gasteiger partial charge in [0.2, 0.25) is 0 Å². The van der Waals surface area contributed by atoms with Crippen LogP contribution >= 0.6 is 0 Å². The van der Waals surface area contributed by atoms with Crippen molar-refractivity contribution in [2.75, 3.05) is 0 Å². The summed E-state index contributed by atoms with van der Waals surface area (Å²) >= 11 is 0. The van der Waals surface area contributed by atoms with Gasteiger partial charge in [-0.3, -0.25) is 4.90 Å². The molecule has 0 saturated heterocycles. The normalized spacial score (nSPS) is 13.9. The smallest absolute Gasteiger partial charge is 0.411 e. The van der Waals surface area contributed by atoms with Crippen molar-refractivity contribution in [3.8, 4) is 0 Å². The minimum absolute atomic E-state index is 0.426. The molecule has 0 saturated carbocycles. The van der Waals surface area contributed by atoms with Crippen molar-refractivity contribution in [2.24, 2.45) is 0 Å². The fraction of sp³-hybridized carbons (Fsp3) is 0.857. The average molecular weight is 257 g/mol. The summed E-state index contributed by atoms with van der Waals surface area (Å²) < 4.78 is 5.38. The maximum Gasteiger partial charge on any atom is 0.411 e. The van der Waals surface area contributed by atoms with E-state index in [1.54, 1.807) is 0 Å². The lowest BCUT2D eigenvalue weighted by Gasteiger charge is -2.40. The Balaban J connectivity index is 5.11. The van der Waals surface area contributed by atoms with E-state index in [9.17, 15) is 9.59 Å². The zero-order valence-corrected chi connectivity index (χ0v) is 12.7. The molecular formula is C14H27NO3. The molecule has 0 aliphatic rings. The van der Waals surface area contributed by atoms with Gasteiger partial charge in [-0.05, 0) is 48.0 Å². The van der Waals surface area contributed by atoms with E-state index in [-0.39, 0.29) is 0 Å². The number of ether oxygens (including phenoxy) is 1. The van der Waals surface area contributed by atoms with Crippen LogP contribution in [0.4, 0.5) is 4.79 Å². The molecular weight excluding hydrogens is 230 g/mol. The molecule has 0 aromatic carbocycles. The highest BCUT2D eigenvalue weighted by atomic mass is 16.6. The molecule has 0 aliphatic heterocycles. The molecule has 0 radical (unpaired) electrons. The predicted octanol–water partition coefficient (Wildman–Crippen LogP) is 3.39. The van der Waals surface area contributed by atoms with Gasteiger partial charge in [-0.25, -0.2) is 4.79 Å². The minimum atomic E-state index is -0.555. The van der Waals surface area contributed by atoms with Crippen LogP contribution in [0.25, 0.3) is 0 Å². The second-order valence-electron chi connectivity index (χ2n) is 6.51. The van der Waals surface area contributed by atoms with Gasteiger partial charge in [0.1, 0.15) is 11.9 Å². The number of hydrogen-bond acceptors (Lipinski definition) is 3. The van der Waals surface area contributed by atoms with E-state index in [4.69, 9.17) is 4.74 Å². The van der Waals surface area contributed by atoms with Crippen LogP contribution in [-0.2, 0) is 9.53 Å². The monoisotopic (exact) mass is 257 g/mol. The molecule has 0 bridgehead atoms. The molecule has 0 aromatic rings. The van der Waals surface area contributed by atoms with Gasteiger partial charge in [-0.15, -0.1) is 0 Å². The molecule has 0 aromatic heterocycles. The van der Waals surface area contributed by atoms with Crippen LogP contribution in [0.2, 0.25) is 0 Å². The van der Waals surface area contributed by atoms with Gasteiger partial charge in [0.05, 0.1) is 6.04 Å². The van der Waals surface area contributed by atoms with Crippen molar-refractivity contribution in [3.05, 3.63) is 0 Å². The Kier molecular flexibility index (Phi) is 5.84. The molecule has 1 atom stereocenters. The van der Waals surface area contributed by atoms with Crippen LogP contribution in [0, 0.1) is 0 Å². The lowest BCUT2D eigenvalue weighted by Crippen LogP contribution is -2.53. The zero-order valence-electron chi connectivity index (χ0n) is 12.7. The molecule has 0 spiro atoms. The summed E-state index contributed by atoms with van der Waals surface area (Å²) in [6.07, 6.45) is 1.90. The number of aldehydes is 1. The summed E-state index contributed by atoms with van der Waals surface area (Å²) in [7, 11) is 0. The highest BCUT2D eigenvalue weighted by Crippen LogP contribution is 2.22. The van der Waals surface area contributed by atoms with Crippen molar-refractivity contribution in [2.45, 2.75) is 78.5 Å². The minimum Gasteiger partial charge on any atom is -0.444 e. The van der Waals surface area contributed by atoms with E-state index in [0.717, 1.165) is 12.7 Å². The number of hydrogen-bond donors (Lipinski definition) is 0. The third-order valence-corrected chi connectivity index (χ3v) is 2.39. The van der Waals surface area contributed by atoms with Crippen molar-refractivity contribution >= 4 is 12.4 Å². The summed E-state index contributed by atoms with van der Waals surface area (Å²) in [5, 5.41) is 0. The van der Waals surface area contributed by atoms with E-state index >= 15 is 0 Å². The Morgan fingerprint density at radius 1 is 1.22 bits per heavy atom. The summed E-state index contributed by atoms with van der Waals surface area (Å²) in [5.74, 6) is 0. The van der Waals surface area contributed by atoms with Gasteiger partial charge in [-0.2, -0.15) is 0 Å². The first-order valence-electron chi connectivity index (χ1n) is 6.50. The topological polar surface area (TPSA) is 46.6 Å². The summed E-state index contributed by atoms with van der Waals surface area (Å²) in [6.45, 7) is 13.2. The van der Waals surface area contributed by atoms with Crippen LogP contribution in [0.5, 0.6) is 0 Å². The summed E-state index contributed by atoms with van der Waals surface area (Å²) in [4.78, 5) is 25.0. The second kappa shape index (κ2) is 6.21. The Morgan fingerprint density at radius 3 is 2.00 bits per heavy atom. The number of nitrogens with zero attached hydrogens (tertiary/aromatic N) is 1. The van der Waals surface area contributed by atoms with Crippen molar-refractivity contribution in [1.29, 1.82) is 0 Å². The maximum absolute atomic E-state index is 12.2. The van der Waals surface area contributed by atoms with Crippen LogP contribution in [0.1, 0.15) is 61.3 Å². The molecule has 0 fully saturated rings. The van der Waals surface area contributed by atoms with E-state index in [2.05, 4.69) is 0 Å².